The first-order valence-corrected chi connectivity index (χ1v) is 8.16. The molecule has 0 amide bonds. The molecule has 3 rings (SSSR count). The summed E-state index contributed by atoms with van der Waals surface area (Å²) in [7, 11) is 0. The molecule has 0 aromatic heterocycles. The summed E-state index contributed by atoms with van der Waals surface area (Å²) in [6, 6.07) is 19.9. The molecule has 1 aliphatic carbocycles. The number of hydrogen-bond acceptors (Lipinski definition) is 1. The summed E-state index contributed by atoms with van der Waals surface area (Å²) >= 11 is 0. The van der Waals surface area contributed by atoms with Gasteiger partial charge in [0, 0.05) is 11.5 Å². The molecule has 0 radical (unpaired) electrons. The SMILES string of the molecule is CCCCc1ccc(C(N)C2(c3ccccc3)CC2)cc1. The van der Waals surface area contributed by atoms with E-state index in [1.165, 1.54) is 48.8 Å². The van der Waals surface area contributed by atoms with Gasteiger partial charge in [-0.1, -0.05) is 67.9 Å². The van der Waals surface area contributed by atoms with Gasteiger partial charge >= 0.3 is 0 Å². The van der Waals surface area contributed by atoms with Crippen molar-refractivity contribution in [2.75, 3.05) is 0 Å². The fourth-order valence-corrected chi connectivity index (χ4v) is 3.28. The van der Waals surface area contributed by atoms with Gasteiger partial charge < -0.3 is 5.73 Å². The lowest BCUT2D eigenvalue weighted by atomic mass is 9.84. The van der Waals surface area contributed by atoms with E-state index in [4.69, 9.17) is 5.73 Å². The molecule has 2 aromatic carbocycles. The highest BCUT2D eigenvalue weighted by Crippen LogP contribution is 2.55. The maximum absolute atomic E-state index is 6.62. The highest BCUT2D eigenvalue weighted by molar-refractivity contribution is 5.38. The average Bonchev–Trinajstić information content (AvgIpc) is 3.35. The predicted molar refractivity (Wildman–Crippen MR) is 89.3 cm³/mol. The highest BCUT2D eigenvalue weighted by Gasteiger charge is 2.49. The molecule has 0 saturated heterocycles. The van der Waals surface area contributed by atoms with Gasteiger partial charge in [-0.2, -0.15) is 0 Å². The molecule has 1 atom stereocenters. The van der Waals surface area contributed by atoms with E-state index in [9.17, 15) is 0 Å². The number of benzene rings is 2. The van der Waals surface area contributed by atoms with Crippen molar-refractivity contribution in [1.82, 2.24) is 0 Å². The molecular weight excluding hydrogens is 254 g/mol. The molecule has 0 bridgehead atoms. The fraction of sp³-hybridized carbons (Fsp3) is 0.400. The minimum Gasteiger partial charge on any atom is -0.323 e. The van der Waals surface area contributed by atoms with Gasteiger partial charge in [0.2, 0.25) is 0 Å². The molecule has 1 nitrogen and oxygen atoms in total. The Hall–Kier alpha value is -1.60. The van der Waals surface area contributed by atoms with Crippen LogP contribution in [0.25, 0.3) is 0 Å². The minimum atomic E-state index is 0.111. The standard InChI is InChI=1S/C20H25N/c1-2-3-7-16-10-12-17(13-11-16)19(21)20(14-15-20)18-8-5-4-6-9-18/h4-6,8-13,19H,2-3,7,14-15,21H2,1H3. The van der Waals surface area contributed by atoms with Gasteiger partial charge in [0.15, 0.2) is 0 Å². The number of nitrogens with two attached hydrogens (primary N) is 1. The molecule has 1 fully saturated rings. The van der Waals surface area contributed by atoms with E-state index < -0.39 is 0 Å². The molecule has 2 N–H and O–H groups in total. The van der Waals surface area contributed by atoms with Crippen LogP contribution >= 0.6 is 0 Å². The summed E-state index contributed by atoms with van der Waals surface area (Å²) in [6.07, 6.45) is 6.10. The topological polar surface area (TPSA) is 26.0 Å². The zero-order chi connectivity index (χ0) is 14.7. The Bertz CT molecular complexity index is 567. The maximum atomic E-state index is 6.62. The van der Waals surface area contributed by atoms with E-state index in [2.05, 4.69) is 61.5 Å². The quantitative estimate of drug-likeness (QED) is 0.810. The second-order valence-corrected chi connectivity index (χ2v) is 6.34. The van der Waals surface area contributed by atoms with Crippen LogP contribution in [-0.2, 0) is 11.8 Å². The van der Waals surface area contributed by atoms with E-state index in [1.54, 1.807) is 0 Å². The highest BCUT2D eigenvalue weighted by atomic mass is 14.7. The van der Waals surface area contributed by atoms with Crippen LogP contribution < -0.4 is 5.73 Å². The van der Waals surface area contributed by atoms with Crippen LogP contribution in [0, 0.1) is 0 Å². The average molecular weight is 279 g/mol. The molecule has 1 saturated carbocycles. The Morgan fingerprint density at radius 3 is 2.24 bits per heavy atom. The Labute approximate surface area is 128 Å². The van der Waals surface area contributed by atoms with E-state index in [0.29, 0.717) is 0 Å². The molecule has 110 valence electrons. The maximum Gasteiger partial charge on any atom is 0.0393 e. The van der Waals surface area contributed by atoms with Gasteiger partial charge in [-0.25, -0.2) is 0 Å². The second kappa shape index (κ2) is 6.03. The number of rotatable bonds is 6. The van der Waals surface area contributed by atoms with Crippen molar-refractivity contribution in [2.45, 2.75) is 50.5 Å². The Morgan fingerprint density at radius 2 is 1.67 bits per heavy atom. The molecule has 2 aromatic rings. The Balaban J connectivity index is 1.77. The van der Waals surface area contributed by atoms with Gasteiger partial charge in [0.25, 0.3) is 0 Å². The molecule has 0 heterocycles. The molecule has 1 aliphatic rings. The van der Waals surface area contributed by atoms with Crippen molar-refractivity contribution in [3.05, 3.63) is 71.3 Å². The van der Waals surface area contributed by atoms with E-state index in [-0.39, 0.29) is 11.5 Å². The zero-order valence-corrected chi connectivity index (χ0v) is 12.9. The first kappa shape index (κ1) is 14.3. The molecule has 0 aliphatic heterocycles. The van der Waals surface area contributed by atoms with Gasteiger partial charge in [0.05, 0.1) is 0 Å². The Kier molecular flexibility index (Phi) is 4.12. The van der Waals surface area contributed by atoms with Gasteiger partial charge in [-0.15, -0.1) is 0 Å². The van der Waals surface area contributed by atoms with Gasteiger partial charge in [-0.3, -0.25) is 0 Å². The molecule has 0 spiro atoms. The minimum absolute atomic E-state index is 0.111. The number of unbranched alkanes of at least 4 members (excludes halogenated alkanes) is 1. The normalized spacial score (nSPS) is 17.4. The Morgan fingerprint density at radius 1 is 1.00 bits per heavy atom. The van der Waals surface area contributed by atoms with E-state index in [0.717, 1.165) is 0 Å². The van der Waals surface area contributed by atoms with Crippen LogP contribution in [0.3, 0.4) is 0 Å². The van der Waals surface area contributed by atoms with E-state index >= 15 is 0 Å². The van der Waals surface area contributed by atoms with E-state index in [1.807, 2.05) is 0 Å². The lowest BCUT2D eigenvalue weighted by Crippen LogP contribution is -2.26. The number of aryl methyl sites for hydroxylation is 1. The third-order valence-corrected chi connectivity index (χ3v) is 4.89. The van der Waals surface area contributed by atoms with Crippen molar-refractivity contribution in [2.24, 2.45) is 5.73 Å². The zero-order valence-electron chi connectivity index (χ0n) is 12.9. The third kappa shape index (κ3) is 2.89. The van der Waals surface area contributed by atoms with Crippen LogP contribution in [0.1, 0.15) is 55.3 Å². The monoisotopic (exact) mass is 279 g/mol. The first-order chi connectivity index (χ1) is 10.3. The summed E-state index contributed by atoms with van der Waals surface area (Å²) in [5.41, 5.74) is 10.9. The second-order valence-electron chi connectivity index (χ2n) is 6.34. The third-order valence-electron chi connectivity index (χ3n) is 4.89. The molecule has 21 heavy (non-hydrogen) atoms. The summed E-state index contributed by atoms with van der Waals surface area (Å²) in [6.45, 7) is 2.24. The van der Waals surface area contributed by atoms with Crippen molar-refractivity contribution >= 4 is 0 Å². The summed E-state index contributed by atoms with van der Waals surface area (Å²) < 4.78 is 0. The smallest absolute Gasteiger partial charge is 0.0393 e. The predicted octanol–water partition coefficient (Wildman–Crippen LogP) is 4.76. The molecule has 1 unspecified atom stereocenters. The first-order valence-electron chi connectivity index (χ1n) is 8.16. The molecule has 1 heteroatoms. The lowest BCUT2D eigenvalue weighted by molar-refractivity contribution is 0.541. The summed E-state index contributed by atoms with van der Waals surface area (Å²) in [4.78, 5) is 0. The van der Waals surface area contributed by atoms with Crippen LogP contribution in [0.5, 0.6) is 0 Å². The van der Waals surface area contributed by atoms with Crippen LogP contribution in [-0.4, -0.2) is 0 Å². The van der Waals surface area contributed by atoms with Gasteiger partial charge in [0.1, 0.15) is 0 Å². The van der Waals surface area contributed by atoms with Crippen LogP contribution in [0.4, 0.5) is 0 Å². The van der Waals surface area contributed by atoms with Gasteiger partial charge in [-0.05, 0) is 42.4 Å². The summed E-state index contributed by atoms with van der Waals surface area (Å²) in [5, 5.41) is 0. The van der Waals surface area contributed by atoms with Crippen LogP contribution in [0.2, 0.25) is 0 Å². The van der Waals surface area contributed by atoms with Crippen molar-refractivity contribution in [3.63, 3.8) is 0 Å². The molecular formula is C20H25N. The largest absolute Gasteiger partial charge is 0.323 e. The lowest BCUT2D eigenvalue weighted by Gasteiger charge is -2.24. The van der Waals surface area contributed by atoms with Crippen molar-refractivity contribution < 1.29 is 0 Å². The van der Waals surface area contributed by atoms with Crippen molar-refractivity contribution in [1.29, 1.82) is 0 Å². The van der Waals surface area contributed by atoms with Crippen LogP contribution in [0.15, 0.2) is 54.6 Å². The fourth-order valence-electron chi connectivity index (χ4n) is 3.28. The number of hydrogen-bond donors (Lipinski definition) is 1. The summed E-state index contributed by atoms with van der Waals surface area (Å²) in [5.74, 6) is 0. The van der Waals surface area contributed by atoms with Crippen molar-refractivity contribution in [3.8, 4) is 0 Å².